The summed E-state index contributed by atoms with van der Waals surface area (Å²) in [7, 11) is 0. The largest absolute Gasteiger partial charge is 0.389 e. The van der Waals surface area contributed by atoms with Crippen molar-refractivity contribution >= 4 is 0 Å². The minimum absolute atomic E-state index is 0.0529. The summed E-state index contributed by atoms with van der Waals surface area (Å²) in [6.45, 7) is 6.45. The van der Waals surface area contributed by atoms with Gasteiger partial charge in [-0.2, -0.15) is 0 Å². The fourth-order valence-corrected chi connectivity index (χ4v) is 2.06. The highest BCUT2D eigenvalue weighted by Crippen LogP contribution is 2.40. The Morgan fingerprint density at radius 2 is 1.33 bits per heavy atom. The summed E-state index contributed by atoms with van der Waals surface area (Å²) in [4.78, 5) is 0. The molecule has 1 nitrogen and oxygen atoms in total. The van der Waals surface area contributed by atoms with E-state index >= 15 is 0 Å². The first-order chi connectivity index (χ1) is 5.46. The molecule has 1 fully saturated rings. The van der Waals surface area contributed by atoms with Crippen LogP contribution in [0, 0.1) is 5.41 Å². The lowest BCUT2D eigenvalue weighted by atomic mass is 9.72. The predicted molar refractivity (Wildman–Crippen MR) is 52.1 cm³/mol. The van der Waals surface area contributed by atoms with Gasteiger partial charge in [0, 0.05) is 0 Å². The fraction of sp³-hybridized carbons (Fsp3) is 1.00. The van der Waals surface area contributed by atoms with Crippen molar-refractivity contribution in [2.75, 3.05) is 0 Å². The lowest BCUT2D eigenvalue weighted by Crippen LogP contribution is -2.42. The van der Waals surface area contributed by atoms with E-state index in [0.717, 1.165) is 12.8 Å². The van der Waals surface area contributed by atoms with Crippen LogP contribution in [-0.2, 0) is 0 Å². The molecule has 12 heavy (non-hydrogen) atoms. The second-order valence-corrected chi connectivity index (χ2v) is 5.20. The highest BCUT2D eigenvalue weighted by atomic mass is 16.3. The highest BCUT2D eigenvalue weighted by Gasteiger charge is 2.39. The van der Waals surface area contributed by atoms with E-state index in [9.17, 15) is 5.11 Å². The maximum absolute atomic E-state index is 10.4. The second kappa shape index (κ2) is 3.37. The van der Waals surface area contributed by atoms with Gasteiger partial charge in [0.1, 0.15) is 0 Å². The SMILES string of the molecule is CC(C)(C)C1(O)CCCCCC1. The lowest BCUT2D eigenvalue weighted by Gasteiger charge is -2.39. The summed E-state index contributed by atoms with van der Waals surface area (Å²) in [5, 5.41) is 10.4. The van der Waals surface area contributed by atoms with Crippen molar-refractivity contribution in [2.45, 2.75) is 64.9 Å². The average molecular weight is 170 g/mol. The monoisotopic (exact) mass is 170 g/mol. The molecule has 0 saturated heterocycles. The van der Waals surface area contributed by atoms with Gasteiger partial charge < -0.3 is 5.11 Å². The number of hydrogen-bond donors (Lipinski definition) is 1. The molecule has 0 aromatic heterocycles. The fourth-order valence-electron chi connectivity index (χ4n) is 2.06. The van der Waals surface area contributed by atoms with Gasteiger partial charge in [0.05, 0.1) is 5.60 Å². The molecule has 0 amide bonds. The van der Waals surface area contributed by atoms with E-state index in [2.05, 4.69) is 20.8 Å². The maximum Gasteiger partial charge on any atom is 0.0695 e. The molecule has 0 heterocycles. The molecular weight excluding hydrogens is 148 g/mol. The Morgan fingerprint density at radius 3 is 1.67 bits per heavy atom. The summed E-state index contributed by atoms with van der Waals surface area (Å²) < 4.78 is 0. The van der Waals surface area contributed by atoms with E-state index < -0.39 is 5.60 Å². The van der Waals surface area contributed by atoms with E-state index in [1.165, 1.54) is 25.7 Å². The molecule has 0 unspecified atom stereocenters. The molecule has 0 bridgehead atoms. The van der Waals surface area contributed by atoms with Crippen molar-refractivity contribution in [3.63, 3.8) is 0 Å². The van der Waals surface area contributed by atoms with Crippen molar-refractivity contribution in [2.24, 2.45) is 5.41 Å². The summed E-state index contributed by atoms with van der Waals surface area (Å²) in [5.41, 5.74) is -0.346. The van der Waals surface area contributed by atoms with E-state index in [-0.39, 0.29) is 5.41 Å². The quantitative estimate of drug-likeness (QED) is 0.554. The highest BCUT2D eigenvalue weighted by molar-refractivity contribution is 4.91. The molecule has 0 atom stereocenters. The molecule has 72 valence electrons. The Balaban J connectivity index is 2.67. The maximum atomic E-state index is 10.4. The standard InChI is InChI=1S/C11H22O/c1-10(2,3)11(12)8-6-4-5-7-9-11/h12H,4-9H2,1-3H3. The van der Waals surface area contributed by atoms with Gasteiger partial charge in [0.25, 0.3) is 0 Å². The molecule has 0 aromatic carbocycles. The third-order valence-electron chi connectivity index (χ3n) is 3.33. The van der Waals surface area contributed by atoms with Gasteiger partial charge in [-0.3, -0.25) is 0 Å². The zero-order chi connectivity index (χ0) is 9.24. The van der Waals surface area contributed by atoms with Crippen LogP contribution in [0.15, 0.2) is 0 Å². The van der Waals surface area contributed by atoms with Crippen molar-refractivity contribution in [1.29, 1.82) is 0 Å². The summed E-state index contributed by atoms with van der Waals surface area (Å²) >= 11 is 0. The van der Waals surface area contributed by atoms with Crippen LogP contribution in [0.5, 0.6) is 0 Å². The van der Waals surface area contributed by atoms with Crippen LogP contribution in [0.4, 0.5) is 0 Å². The van der Waals surface area contributed by atoms with Crippen molar-refractivity contribution in [3.05, 3.63) is 0 Å². The molecule has 1 heteroatoms. The molecule has 1 aliphatic carbocycles. The number of aliphatic hydroxyl groups is 1. The zero-order valence-corrected chi connectivity index (χ0v) is 8.69. The third kappa shape index (κ3) is 2.01. The van der Waals surface area contributed by atoms with Crippen LogP contribution < -0.4 is 0 Å². The lowest BCUT2D eigenvalue weighted by molar-refractivity contribution is -0.0693. The van der Waals surface area contributed by atoms with Gasteiger partial charge in [0.2, 0.25) is 0 Å². The van der Waals surface area contributed by atoms with E-state index in [1.54, 1.807) is 0 Å². The summed E-state index contributed by atoms with van der Waals surface area (Å²) in [5.74, 6) is 0. The molecule has 1 aliphatic rings. The van der Waals surface area contributed by atoms with E-state index in [1.807, 2.05) is 0 Å². The van der Waals surface area contributed by atoms with E-state index in [4.69, 9.17) is 0 Å². The molecular formula is C11H22O. The Morgan fingerprint density at radius 1 is 0.917 bits per heavy atom. The Kier molecular flexibility index (Phi) is 2.82. The minimum atomic E-state index is -0.399. The average Bonchev–Trinajstić information content (AvgIpc) is 2.12. The summed E-state index contributed by atoms with van der Waals surface area (Å²) in [6, 6.07) is 0. The Hall–Kier alpha value is -0.0400. The van der Waals surface area contributed by atoms with Crippen molar-refractivity contribution in [3.8, 4) is 0 Å². The smallest absolute Gasteiger partial charge is 0.0695 e. The molecule has 0 spiro atoms. The molecule has 1 rings (SSSR count). The first-order valence-corrected chi connectivity index (χ1v) is 5.18. The molecule has 0 aliphatic heterocycles. The topological polar surface area (TPSA) is 20.2 Å². The minimum Gasteiger partial charge on any atom is -0.389 e. The number of hydrogen-bond acceptors (Lipinski definition) is 1. The van der Waals surface area contributed by atoms with Crippen LogP contribution in [0.25, 0.3) is 0 Å². The Bertz CT molecular complexity index is 136. The van der Waals surface area contributed by atoms with Gasteiger partial charge in [-0.1, -0.05) is 46.5 Å². The van der Waals surface area contributed by atoms with Gasteiger partial charge in [-0.15, -0.1) is 0 Å². The summed E-state index contributed by atoms with van der Waals surface area (Å²) in [6.07, 6.45) is 7.01. The van der Waals surface area contributed by atoms with Crippen molar-refractivity contribution < 1.29 is 5.11 Å². The molecule has 1 saturated carbocycles. The van der Waals surface area contributed by atoms with Crippen molar-refractivity contribution in [1.82, 2.24) is 0 Å². The Labute approximate surface area is 76.2 Å². The molecule has 1 N–H and O–H groups in total. The van der Waals surface area contributed by atoms with Gasteiger partial charge in [0.15, 0.2) is 0 Å². The zero-order valence-electron chi connectivity index (χ0n) is 8.69. The van der Waals surface area contributed by atoms with Crippen LogP contribution in [-0.4, -0.2) is 10.7 Å². The van der Waals surface area contributed by atoms with Crippen LogP contribution in [0.2, 0.25) is 0 Å². The first kappa shape index (κ1) is 10.0. The van der Waals surface area contributed by atoms with E-state index in [0.29, 0.717) is 0 Å². The normalized spacial score (nSPS) is 25.0. The van der Waals surface area contributed by atoms with Gasteiger partial charge in [-0.05, 0) is 18.3 Å². The van der Waals surface area contributed by atoms with Gasteiger partial charge in [-0.25, -0.2) is 0 Å². The van der Waals surface area contributed by atoms with Gasteiger partial charge >= 0.3 is 0 Å². The van der Waals surface area contributed by atoms with Crippen LogP contribution in [0.1, 0.15) is 59.3 Å². The molecule has 0 aromatic rings. The van der Waals surface area contributed by atoms with Crippen LogP contribution >= 0.6 is 0 Å². The molecule has 0 radical (unpaired) electrons. The number of rotatable bonds is 0. The second-order valence-electron chi connectivity index (χ2n) is 5.20. The predicted octanol–water partition coefficient (Wildman–Crippen LogP) is 3.12. The third-order valence-corrected chi connectivity index (χ3v) is 3.33. The first-order valence-electron chi connectivity index (χ1n) is 5.18. The van der Waals surface area contributed by atoms with Crippen LogP contribution in [0.3, 0.4) is 0 Å².